The number of carbonyl (C=O) groups is 2. The van der Waals surface area contributed by atoms with Gasteiger partial charge in [0.05, 0.1) is 13.2 Å². The monoisotopic (exact) mass is 328 g/mol. The Kier molecular flexibility index (Phi) is 5.96. The Morgan fingerprint density at radius 3 is 2.12 bits per heavy atom. The van der Waals surface area contributed by atoms with Crippen LogP contribution < -0.4 is 0 Å². The molecular weight excluding hydrogens is 304 g/mol. The zero-order chi connectivity index (χ0) is 17.6. The maximum absolute atomic E-state index is 12.5. The minimum atomic E-state index is -1.24. The Hall–Kier alpha value is -2.36. The summed E-state index contributed by atoms with van der Waals surface area (Å²) in [7, 11) is 0. The molecule has 0 aromatic heterocycles. The largest absolute Gasteiger partial charge is 0.465 e. The summed E-state index contributed by atoms with van der Waals surface area (Å²) in [6.07, 6.45) is 4.63. The molecule has 0 fully saturated rings. The van der Waals surface area contributed by atoms with Gasteiger partial charge in [-0.15, -0.1) is 0 Å². The fourth-order valence-electron chi connectivity index (χ4n) is 2.98. The topological polar surface area (TPSA) is 52.6 Å². The summed E-state index contributed by atoms with van der Waals surface area (Å²) in [6.45, 7) is 5.91. The number of carbonyl (C=O) groups excluding carboxylic acids is 2. The summed E-state index contributed by atoms with van der Waals surface area (Å²) in [5.41, 5.74) is 1.83. The van der Waals surface area contributed by atoms with Crippen molar-refractivity contribution in [3.63, 3.8) is 0 Å². The van der Waals surface area contributed by atoms with Gasteiger partial charge in [0, 0.05) is 0 Å². The predicted octanol–water partition coefficient (Wildman–Crippen LogP) is 3.92. The van der Waals surface area contributed by atoms with Gasteiger partial charge in [-0.2, -0.15) is 0 Å². The van der Waals surface area contributed by atoms with Gasteiger partial charge in [0.1, 0.15) is 0 Å². The maximum atomic E-state index is 12.5. The molecule has 0 N–H and O–H groups in total. The van der Waals surface area contributed by atoms with Crippen LogP contribution in [0.5, 0.6) is 0 Å². The highest BCUT2D eigenvalue weighted by molar-refractivity contribution is 6.01. The number of ether oxygens (including phenoxy) is 2. The second-order valence-electron chi connectivity index (χ2n) is 5.93. The van der Waals surface area contributed by atoms with E-state index >= 15 is 0 Å². The molecule has 0 unspecified atom stereocenters. The Morgan fingerprint density at radius 1 is 1.00 bits per heavy atom. The van der Waals surface area contributed by atoms with Gasteiger partial charge in [0.15, 0.2) is 5.41 Å². The predicted molar refractivity (Wildman–Crippen MR) is 93.1 cm³/mol. The van der Waals surface area contributed by atoms with Crippen molar-refractivity contribution in [2.75, 3.05) is 13.2 Å². The number of esters is 2. The molecule has 4 nitrogen and oxygen atoms in total. The van der Waals surface area contributed by atoms with Crippen LogP contribution in [-0.4, -0.2) is 25.2 Å². The Balaban J connectivity index is 2.24. The number of hydrogen-bond acceptors (Lipinski definition) is 4. The van der Waals surface area contributed by atoms with Crippen molar-refractivity contribution in [3.05, 3.63) is 53.1 Å². The van der Waals surface area contributed by atoms with Gasteiger partial charge in [-0.3, -0.25) is 9.59 Å². The van der Waals surface area contributed by atoms with Crippen molar-refractivity contribution in [1.29, 1.82) is 0 Å². The molecule has 1 aromatic rings. The Morgan fingerprint density at radius 2 is 1.58 bits per heavy atom. The lowest BCUT2D eigenvalue weighted by molar-refractivity contribution is -0.171. The van der Waals surface area contributed by atoms with E-state index in [4.69, 9.17) is 9.47 Å². The smallest absolute Gasteiger partial charge is 0.324 e. The zero-order valence-corrected chi connectivity index (χ0v) is 14.5. The zero-order valence-electron chi connectivity index (χ0n) is 14.5. The first-order valence-corrected chi connectivity index (χ1v) is 8.29. The van der Waals surface area contributed by atoms with Crippen molar-refractivity contribution in [1.82, 2.24) is 0 Å². The molecule has 1 aliphatic carbocycles. The first kappa shape index (κ1) is 18.0. The third-order valence-electron chi connectivity index (χ3n) is 4.22. The summed E-state index contributed by atoms with van der Waals surface area (Å²) in [6, 6.07) is 9.91. The van der Waals surface area contributed by atoms with Crippen molar-refractivity contribution in [2.45, 2.75) is 33.6 Å². The Bertz CT molecular complexity index is 637. The molecule has 0 bridgehead atoms. The van der Waals surface area contributed by atoms with Gasteiger partial charge in [0.25, 0.3) is 0 Å². The fourth-order valence-corrected chi connectivity index (χ4v) is 2.98. The lowest BCUT2D eigenvalue weighted by atomic mass is 9.83. The van der Waals surface area contributed by atoms with Crippen LogP contribution in [0.25, 0.3) is 6.08 Å². The van der Waals surface area contributed by atoms with Gasteiger partial charge in [-0.25, -0.2) is 0 Å². The highest BCUT2D eigenvalue weighted by Gasteiger charge is 2.52. The standard InChI is InChI=1S/C20H24O4/c1-4-23-18(21)20(19(22)24-5-2)13-15(3)17(14-20)12-11-16-9-7-6-8-10-16/h6-12H,4-5,13-14H2,1-3H3/b12-11+. The van der Waals surface area contributed by atoms with Crippen molar-refractivity contribution in [3.8, 4) is 0 Å². The van der Waals surface area contributed by atoms with Crippen LogP contribution in [0.15, 0.2) is 47.6 Å². The molecule has 0 atom stereocenters. The molecule has 0 saturated carbocycles. The molecule has 1 aliphatic rings. The van der Waals surface area contributed by atoms with E-state index in [1.807, 2.05) is 49.4 Å². The quantitative estimate of drug-likeness (QED) is 0.586. The van der Waals surface area contributed by atoms with Crippen molar-refractivity contribution < 1.29 is 19.1 Å². The molecule has 0 radical (unpaired) electrons. The van der Waals surface area contributed by atoms with E-state index in [9.17, 15) is 9.59 Å². The van der Waals surface area contributed by atoms with Crippen LogP contribution in [0.3, 0.4) is 0 Å². The summed E-state index contributed by atoms with van der Waals surface area (Å²) >= 11 is 0. The van der Waals surface area contributed by atoms with Crippen LogP contribution >= 0.6 is 0 Å². The summed E-state index contributed by atoms with van der Waals surface area (Å²) < 4.78 is 10.3. The van der Waals surface area contributed by atoms with E-state index in [1.165, 1.54) is 0 Å². The second-order valence-corrected chi connectivity index (χ2v) is 5.93. The van der Waals surface area contributed by atoms with Gasteiger partial charge < -0.3 is 9.47 Å². The molecule has 1 aromatic carbocycles. The third kappa shape index (κ3) is 3.75. The maximum Gasteiger partial charge on any atom is 0.324 e. The molecular formula is C20H24O4. The van der Waals surface area contributed by atoms with E-state index in [1.54, 1.807) is 13.8 Å². The number of hydrogen-bond donors (Lipinski definition) is 0. The van der Waals surface area contributed by atoms with Crippen molar-refractivity contribution in [2.24, 2.45) is 5.41 Å². The van der Waals surface area contributed by atoms with E-state index < -0.39 is 17.4 Å². The van der Waals surface area contributed by atoms with E-state index in [0.29, 0.717) is 12.8 Å². The average Bonchev–Trinajstić information content (AvgIpc) is 2.92. The summed E-state index contributed by atoms with van der Waals surface area (Å²) in [4.78, 5) is 25.0. The molecule has 0 heterocycles. The summed E-state index contributed by atoms with van der Waals surface area (Å²) in [5.74, 6) is -0.989. The van der Waals surface area contributed by atoms with Crippen LogP contribution in [0, 0.1) is 5.41 Å². The Labute approximate surface area is 143 Å². The van der Waals surface area contributed by atoms with Gasteiger partial charge in [-0.1, -0.05) is 48.1 Å². The van der Waals surface area contributed by atoms with Crippen LogP contribution in [0.2, 0.25) is 0 Å². The van der Waals surface area contributed by atoms with Crippen LogP contribution in [0.1, 0.15) is 39.2 Å². The lowest BCUT2D eigenvalue weighted by Gasteiger charge is -2.24. The van der Waals surface area contributed by atoms with E-state index in [2.05, 4.69) is 0 Å². The number of benzene rings is 1. The molecule has 24 heavy (non-hydrogen) atoms. The highest BCUT2D eigenvalue weighted by Crippen LogP contribution is 2.44. The SMILES string of the molecule is CCOC(=O)C1(C(=O)OCC)CC(C)=C(/C=C/c2ccccc2)C1. The minimum absolute atomic E-state index is 0.244. The second kappa shape index (κ2) is 7.95. The van der Waals surface area contributed by atoms with Crippen molar-refractivity contribution >= 4 is 18.0 Å². The van der Waals surface area contributed by atoms with Crippen LogP contribution in [0.4, 0.5) is 0 Å². The molecule has 0 saturated heterocycles. The first-order chi connectivity index (χ1) is 11.5. The first-order valence-electron chi connectivity index (χ1n) is 8.29. The molecule has 0 amide bonds. The number of rotatable bonds is 6. The summed E-state index contributed by atoms with van der Waals surface area (Å²) in [5, 5.41) is 0. The third-order valence-corrected chi connectivity index (χ3v) is 4.22. The lowest BCUT2D eigenvalue weighted by Crippen LogP contribution is -2.40. The van der Waals surface area contributed by atoms with Gasteiger partial charge in [-0.05, 0) is 44.7 Å². The van der Waals surface area contributed by atoms with Gasteiger partial charge in [0.2, 0.25) is 0 Å². The molecule has 0 spiro atoms. The number of allylic oxidation sites excluding steroid dienone is 3. The normalized spacial score (nSPS) is 16.5. The van der Waals surface area contributed by atoms with E-state index in [-0.39, 0.29) is 13.2 Å². The van der Waals surface area contributed by atoms with Gasteiger partial charge >= 0.3 is 11.9 Å². The molecule has 0 aliphatic heterocycles. The highest BCUT2D eigenvalue weighted by atomic mass is 16.6. The minimum Gasteiger partial charge on any atom is -0.465 e. The van der Waals surface area contributed by atoms with Crippen LogP contribution in [-0.2, 0) is 19.1 Å². The molecule has 2 rings (SSSR count). The molecule has 4 heteroatoms. The van der Waals surface area contributed by atoms with E-state index in [0.717, 1.165) is 16.7 Å². The average molecular weight is 328 g/mol. The fraction of sp³-hybridized carbons (Fsp3) is 0.400. The molecule has 128 valence electrons.